The van der Waals surface area contributed by atoms with Gasteiger partial charge in [-0.1, -0.05) is 24.3 Å². The van der Waals surface area contributed by atoms with E-state index in [1.807, 2.05) is 42.7 Å². The van der Waals surface area contributed by atoms with Crippen molar-refractivity contribution in [2.24, 2.45) is 5.73 Å². The molecule has 0 aliphatic carbocycles. The Hall–Kier alpha value is -3.33. The molecule has 1 aliphatic heterocycles. The molecule has 1 aromatic carbocycles. The zero-order valence-corrected chi connectivity index (χ0v) is 17.8. The molecular formula is C22H26N8O. The molecule has 1 fully saturated rings. The Kier molecular flexibility index (Phi) is 4.90. The number of benzene rings is 1. The van der Waals surface area contributed by atoms with Gasteiger partial charge in [-0.3, -0.25) is 4.79 Å². The summed E-state index contributed by atoms with van der Waals surface area (Å²) in [5.74, 6) is 0.796. The maximum atomic E-state index is 13.4. The summed E-state index contributed by atoms with van der Waals surface area (Å²) in [4.78, 5) is 20.3. The van der Waals surface area contributed by atoms with Crippen LogP contribution in [0.15, 0.2) is 35.3 Å². The van der Waals surface area contributed by atoms with Crippen LogP contribution < -0.4 is 16.2 Å². The molecule has 1 atom stereocenters. The summed E-state index contributed by atoms with van der Waals surface area (Å²) in [6.07, 6.45) is 3.71. The van der Waals surface area contributed by atoms with Crippen molar-refractivity contribution >= 4 is 27.8 Å². The molecule has 31 heavy (non-hydrogen) atoms. The predicted octanol–water partition coefficient (Wildman–Crippen LogP) is 1.84. The van der Waals surface area contributed by atoms with Crippen molar-refractivity contribution < 1.29 is 0 Å². The van der Waals surface area contributed by atoms with Gasteiger partial charge in [0.1, 0.15) is 11.0 Å². The first-order valence-corrected chi connectivity index (χ1v) is 10.7. The smallest absolute Gasteiger partial charge is 0.293 e. The maximum Gasteiger partial charge on any atom is 0.293 e. The number of hydrogen-bond donors (Lipinski definition) is 1. The summed E-state index contributed by atoms with van der Waals surface area (Å²) in [7, 11) is 0. The average Bonchev–Trinajstić information content (AvgIpc) is 3.17. The van der Waals surface area contributed by atoms with Gasteiger partial charge in [0, 0.05) is 36.4 Å². The van der Waals surface area contributed by atoms with Crippen molar-refractivity contribution in [3.63, 3.8) is 0 Å². The number of hydrogen-bond acceptors (Lipinski definition) is 7. The van der Waals surface area contributed by atoms with E-state index in [-0.39, 0.29) is 18.1 Å². The number of nitrogens with two attached hydrogens (primary N) is 1. The number of aryl methyl sites for hydroxylation is 2. The molecule has 0 spiro atoms. The van der Waals surface area contributed by atoms with Crippen molar-refractivity contribution in [2.45, 2.75) is 45.8 Å². The molecule has 9 heteroatoms. The lowest BCUT2D eigenvalue weighted by Gasteiger charge is -2.31. The lowest BCUT2D eigenvalue weighted by Crippen LogP contribution is -2.44. The molecule has 0 unspecified atom stereocenters. The van der Waals surface area contributed by atoms with E-state index in [1.54, 1.807) is 6.20 Å². The van der Waals surface area contributed by atoms with Crippen LogP contribution in [0.1, 0.15) is 31.2 Å². The first kappa shape index (κ1) is 19.6. The normalized spacial score (nSPS) is 17.0. The van der Waals surface area contributed by atoms with Crippen LogP contribution in [0.2, 0.25) is 0 Å². The Morgan fingerprint density at radius 3 is 2.77 bits per heavy atom. The zero-order valence-electron chi connectivity index (χ0n) is 17.8. The summed E-state index contributed by atoms with van der Waals surface area (Å²) >= 11 is 0. The van der Waals surface area contributed by atoms with Crippen LogP contribution in [-0.4, -0.2) is 48.7 Å². The molecule has 0 bridgehead atoms. The number of anilines is 1. The van der Waals surface area contributed by atoms with E-state index in [1.165, 1.54) is 4.68 Å². The third-order valence-electron chi connectivity index (χ3n) is 6.04. The van der Waals surface area contributed by atoms with Crippen molar-refractivity contribution in [3.05, 3.63) is 52.2 Å². The van der Waals surface area contributed by atoms with Crippen LogP contribution in [-0.2, 0) is 13.1 Å². The molecule has 9 nitrogen and oxygen atoms in total. The standard InChI is InChI=1S/C22H26N8O/c1-3-29-20-18(25-22(29)28-10-6-7-15(23)12-28)11-24-30(21(20)31)13-19-17-9-5-4-8-16(17)14(2)26-27-19/h4-5,8-9,11,15H,3,6-7,10,12-13,23H2,1-2H3/t15-/m1/s1. The minimum atomic E-state index is -0.175. The van der Waals surface area contributed by atoms with Gasteiger partial charge in [-0.05, 0) is 26.7 Å². The summed E-state index contributed by atoms with van der Waals surface area (Å²) in [6.45, 7) is 6.49. The number of aromatic nitrogens is 6. The summed E-state index contributed by atoms with van der Waals surface area (Å²) in [5, 5.41) is 15.0. The summed E-state index contributed by atoms with van der Waals surface area (Å²) in [6, 6.07) is 8.09. The van der Waals surface area contributed by atoms with Crippen molar-refractivity contribution in [3.8, 4) is 0 Å². The number of fused-ring (bicyclic) bond motifs is 2. The summed E-state index contributed by atoms with van der Waals surface area (Å²) < 4.78 is 3.43. The molecule has 160 valence electrons. The second kappa shape index (κ2) is 7.73. The Labute approximate surface area is 179 Å². The molecule has 2 N–H and O–H groups in total. The Bertz CT molecular complexity index is 1320. The van der Waals surface area contributed by atoms with Gasteiger partial charge >= 0.3 is 0 Å². The molecule has 3 aromatic heterocycles. The highest BCUT2D eigenvalue weighted by Gasteiger charge is 2.24. The van der Waals surface area contributed by atoms with E-state index in [9.17, 15) is 4.79 Å². The predicted molar refractivity (Wildman–Crippen MR) is 120 cm³/mol. The average molecular weight is 419 g/mol. The third-order valence-corrected chi connectivity index (χ3v) is 6.04. The van der Waals surface area contributed by atoms with Gasteiger partial charge in [0.25, 0.3) is 5.56 Å². The van der Waals surface area contributed by atoms with E-state index in [2.05, 4.69) is 20.2 Å². The Balaban J connectivity index is 1.60. The Morgan fingerprint density at radius 1 is 1.19 bits per heavy atom. The van der Waals surface area contributed by atoms with Gasteiger partial charge in [-0.25, -0.2) is 9.67 Å². The molecule has 0 amide bonds. The lowest BCUT2D eigenvalue weighted by atomic mass is 10.1. The fraction of sp³-hybridized carbons (Fsp3) is 0.409. The van der Waals surface area contributed by atoms with E-state index >= 15 is 0 Å². The van der Waals surface area contributed by atoms with Gasteiger partial charge < -0.3 is 15.2 Å². The zero-order chi connectivity index (χ0) is 21.5. The first-order chi connectivity index (χ1) is 15.1. The monoisotopic (exact) mass is 418 g/mol. The highest BCUT2D eigenvalue weighted by atomic mass is 16.1. The number of nitrogens with zero attached hydrogens (tertiary/aromatic N) is 7. The van der Waals surface area contributed by atoms with Gasteiger partial charge in [0.15, 0.2) is 0 Å². The van der Waals surface area contributed by atoms with Crippen molar-refractivity contribution in [2.75, 3.05) is 18.0 Å². The molecule has 1 aliphatic rings. The fourth-order valence-corrected chi connectivity index (χ4v) is 4.47. The van der Waals surface area contributed by atoms with Crippen LogP contribution in [0, 0.1) is 6.92 Å². The van der Waals surface area contributed by atoms with E-state index in [0.717, 1.165) is 54.0 Å². The second-order valence-corrected chi connectivity index (χ2v) is 8.12. The molecular weight excluding hydrogens is 392 g/mol. The van der Waals surface area contributed by atoms with Crippen LogP contribution in [0.4, 0.5) is 5.95 Å². The molecule has 5 rings (SSSR count). The number of imidazole rings is 1. The van der Waals surface area contributed by atoms with E-state index in [0.29, 0.717) is 17.6 Å². The second-order valence-electron chi connectivity index (χ2n) is 8.12. The Morgan fingerprint density at radius 2 is 2.00 bits per heavy atom. The van der Waals surface area contributed by atoms with Crippen molar-refractivity contribution in [1.29, 1.82) is 0 Å². The van der Waals surface area contributed by atoms with E-state index < -0.39 is 0 Å². The van der Waals surface area contributed by atoms with Gasteiger partial charge in [0.2, 0.25) is 5.95 Å². The maximum absolute atomic E-state index is 13.4. The van der Waals surface area contributed by atoms with Crippen LogP contribution in [0.25, 0.3) is 21.8 Å². The molecule has 4 heterocycles. The minimum absolute atomic E-state index is 0.127. The van der Waals surface area contributed by atoms with Crippen LogP contribution in [0.5, 0.6) is 0 Å². The lowest BCUT2D eigenvalue weighted by molar-refractivity contribution is 0.494. The highest BCUT2D eigenvalue weighted by Crippen LogP contribution is 2.23. The summed E-state index contributed by atoms with van der Waals surface area (Å²) in [5.41, 5.74) is 8.76. The fourth-order valence-electron chi connectivity index (χ4n) is 4.47. The molecule has 4 aromatic rings. The van der Waals surface area contributed by atoms with E-state index in [4.69, 9.17) is 10.7 Å². The largest absolute Gasteiger partial charge is 0.341 e. The quantitative estimate of drug-likeness (QED) is 0.539. The molecule has 0 saturated carbocycles. The molecule has 0 radical (unpaired) electrons. The minimum Gasteiger partial charge on any atom is -0.341 e. The van der Waals surface area contributed by atoms with Crippen LogP contribution >= 0.6 is 0 Å². The number of piperidine rings is 1. The third kappa shape index (κ3) is 3.34. The highest BCUT2D eigenvalue weighted by molar-refractivity contribution is 5.86. The van der Waals surface area contributed by atoms with Gasteiger partial charge in [0.05, 0.1) is 24.1 Å². The van der Waals surface area contributed by atoms with Crippen LogP contribution in [0.3, 0.4) is 0 Å². The van der Waals surface area contributed by atoms with Gasteiger partial charge in [-0.15, -0.1) is 0 Å². The topological polar surface area (TPSA) is 108 Å². The number of rotatable bonds is 4. The first-order valence-electron chi connectivity index (χ1n) is 10.7. The van der Waals surface area contributed by atoms with Crippen molar-refractivity contribution in [1.82, 2.24) is 29.5 Å². The van der Waals surface area contributed by atoms with Gasteiger partial charge in [-0.2, -0.15) is 15.3 Å². The SMILES string of the molecule is CCn1c(N2CCC[C@@H](N)C2)nc2cnn(Cc3nnc(C)c4ccccc34)c(=O)c21. The molecule has 1 saturated heterocycles.